The lowest BCUT2D eigenvalue weighted by atomic mass is 9.80. The lowest BCUT2D eigenvalue weighted by Crippen LogP contribution is -2.60. The first-order chi connectivity index (χ1) is 10.4. The zero-order valence-electron chi connectivity index (χ0n) is 14.9. The zero-order chi connectivity index (χ0) is 18.0. The molecule has 0 spiro atoms. The second kappa shape index (κ2) is 7.05. The Balaban J connectivity index is 2.72. The van der Waals surface area contributed by atoms with Crippen LogP contribution in [0.25, 0.3) is 0 Å². The number of alkyl carbamates (subject to hydrolysis) is 1. The van der Waals surface area contributed by atoms with Crippen LogP contribution in [0.1, 0.15) is 60.8 Å². The number of aliphatic carboxylic acids is 1. The molecule has 1 heterocycles. The van der Waals surface area contributed by atoms with Crippen molar-refractivity contribution in [1.82, 2.24) is 10.4 Å². The predicted molar refractivity (Wildman–Crippen MR) is 84.2 cm³/mol. The van der Waals surface area contributed by atoms with Crippen molar-refractivity contribution >= 4 is 12.1 Å². The van der Waals surface area contributed by atoms with Gasteiger partial charge in [-0.15, -0.1) is 10.3 Å². The molecular weight excluding hydrogens is 300 g/mol. The summed E-state index contributed by atoms with van der Waals surface area (Å²) >= 11 is 0. The molecule has 0 bridgehead atoms. The summed E-state index contributed by atoms with van der Waals surface area (Å²) in [5.41, 5.74) is -1.29. The third-order valence-electron chi connectivity index (χ3n) is 4.58. The van der Waals surface area contributed by atoms with Gasteiger partial charge in [0.15, 0.2) is 0 Å². The van der Waals surface area contributed by atoms with Crippen LogP contribution in [0.3, 0.4) is 0 Å². The van der Waals surface area contributed by atoms with Gasteiger partial charge in [-0.05, 0) is 33.6 Å². The molecule has 0 aromatic rings. The molecule has 133 valence electrons. The molecule has 2 N–H and O–H groups in total. The van der Waals surface area contributed by atoms with Crippen LogP contribution in [0.5, 0.6) is 0 Å². The molecule has 1 saturated heterocycles. The first-order valence-corrected chi connectivity index (χ1v) is 8.08. The van der Waals surface area contributed by atoms with Crippen LogP contribution >= 0.6 is 0 Å². The Morgan fingerprint density at radius 3 is 2.13 bits per heavy atom. The average Bonchev–Trinajstić information content (AvgIpc) is 2.40. The molecule has 1 amide bonds. The largest absolute Gasteiger partial charge is 0.480 e. The molecule has 1 fully saturated rings. The Bertz CT molecular complexity index is 432. The average molecular weight is 329 g/mol. The fourth-order valence-electron chi connectivity index (χ4n) is 3.25. The number of nitrogens with one attached hydrogen (secondary N) is 1. The molecule has 1 rings (SSSR count). The van der Waals surface area contributed by atoms with Gasteiger partial charge in [0, 0.05) is 23.9 Å². The molecule has 2 atom stereocenters. The maximum atomic E-state index is 12.3. The van der Waals surface area contributed by atoms with Gasteiger partial charge in [-0.1, -0.05) is 20.3 Å². The monoisotopic (exact) mass is 329 g/mol. The molecule has 0 aromatic heterocycles. The van der Waals surface area contributed by atoms with Gasteiger partial charge in [0.2, 0.25) is 0 Å². The molecule has 1 radical (unpaired) electrons. The fraction of sp³-hybridized carbons (Fsp3) is 0.875. The minimum absolute atomic E-state index is 0.198. The standard InChI is InChI=1S/C16H29N2O5/c1-7-10(2)12(13(19)20)17-14(21)23-11-8-15(3,4)18(22)16(5,6)9-11/h10-12H,7-9H2,1-6H3,(H,17,21)(H,19,20). The molecule has 0 aromatic carbocycles. The molecule has 7 nitrogen and oxygen atoms in total. The summed E-state index contributed by atoms with van der Waals surface area (Å²) in [6, 6.07) is -0.979. The topological polar surface area (TPSA) is 98.8 Å². The van der Waals surface area contributed by atoms with E-state index in [0.717, 1.165) is 5.06 Å². The second-order valence-corrected chi connectivity index (χ2v) is 7.70. The van der Waals surface area contributed by atoms with Crippen LogP contribution in [0.4, 0.5) is 4.79 Å². The first kappa shape index (κ1) is 19.7. The van der Waals surface area contributed by atoms with Crippen molar-refractivity contribution in [3.05, 3.63) is 0 Å². The number of carboxylic acids is 1. The molecule has 1 aliphatic rings. The summed E-state index contributed by atoms with van der Waals surface area (Å²) in [7, 11) is 0. The number of piperidine rings is 1. The van der Waals surface area contributed by atoms with Crippen LogP contribution in [0.2, 0.25) is 0 Å². The molecule has 0 saturated carbocycles. The minimum atomic E-state index is -1.08. The van der Waals surface area contributed by atoms with Gasteiger partial charge >= 0.3 is 12.1 Å². The Hall–Kier alpha value is -1.34. The summed E-state index contributed by atoms with van der Waals surface area (Å²) in [6.45, 7) is 10.9. The summed E-state index contributed by atoms with van der Waals surface area (Å²) in [6.07, 6.45) is 0.291. The summed E-state index contributed by atoms with van der Waals surface area (Å²) < 4.78 is 5.41. The maximum Gasteiger partial charge on any atom is 0.408 e. The van der Waals surface area contributed by atoms with E-state index in [2.05, 4.69) is 5.32 Å². The number of ether oxygens (including phenoxy) is 1. The van der Waals surface area contributed by atoms with Gasteiger partial charge in [-0.2, -0.15) is 0 Å². The number of carbonyl (C=O) groups excluding carboxylic acids is 1. The first-order valence-electron chi connectivity index (χ1n) is 8.08. The number of hydrogen-bond acceptors (Lipinski definition) is 4. The molecule has 23 heavy (non-hydrogen) atoms. The fourth-order valence-corrected chi connectivity index (χ4v) is 3.25. The van der Waals surface area contributed by atoms with E-state index in [1.165, 1.54) is 0 Å². The molecule has 2 unspecified atom stereocenters. The Morgan fingerprint density at radius 2 is 1.74 bits per heavy atom. The summed E-state index contributed by atoms with van der Waals surface area (Å²) in [4.78, 5) is 23.3. The van der Waals surface area contributed by atoms with Crippen molar-refractivity contribution < 1.29 is 24.6 Å². The highest BCUT2D eigenvalue weighted by Crippen LogP contribution is 2.38. The number of carbonyl (C=O) groups is 2. The van der Waals surface area contributed by atoms with Crippen LogP contribution in [-0.4, -0.2) is 45.5 Å². The maximum absolute atomic E-state index is 12.3. The molecule has 7 heteroatoms. The van der Waals surface area contributed by atoms with Crippen molar-refractivity contribution in [3.63, 3.8) is 0 Å². The molecular formula is C16H29N2O5. The lowest BCUT2D eigenvalue weighted by Gasteiger charge is -2.49. The third kappa shape index (κ3) is 4.81. The van der Waals surface area contributed by atoms with E-state index in [1.807, 2.05) is 34.6 Å². The van der Waals surface area contributed by atoms with Crippen LogP contribution in [-0.2, 0) is 14.7 Å². The van der Waals surface area contributed by atoms with Crippen molar-refractivity contribution in [2.45, 2.75) is 84.0 Å². The highest BCUT2D eigenvalue weighted by Gasteiger charge is 2.47. The normalized spacial score (nSPS) is 23.8. The minimum Gasteiger partial charge on any atom is -0.480 e. The number of amides is 1. The Kier molecular flexibility index (Phi) is 6.04. The van der Waals surface area contributed by atoms with Gasteiger partial charge in [0.1, 0.15) is 12.1 Å². The van der Waals surface area contributed by atoms with Crippen molar-refractivity contribution in [2.24, 2.45) is 5.92 Å². The lowest BCUT2D eigenvalue weighted by molar-refractivity contribution is -0.298. The number of carboxylic acid groups (broad SMARTS) is 1. The van der Waals surface area contributed by atoms with Gasteiger partial charge < -0.3 is 15.2 Å². The zero-order valence-corrected chi connectivity index (χ0v) is 14.9. The highest BCUT2D eigenvalue weighted by atomic mass is 16.6. The quantitative estimate of drug-likeness (QED) is 0.807. The van der Waals surface area contributed by atoms with Crippen LogP contribution < -0.4 is 5.32 Å². The van der Waals surface area contributed by atoms with Crippen molar-refractivity contribution in [2.75, 3.05) is 0 Å². The number of rotatable bonds is 5. The van der Waals surface area contributed by atoms with Gasteiger partial charge in [0.05, 0.1) is 0 Å². The van der Waals surface area contributed by atoms with Gasteiger partial charge in [-0.3, -0.25) is 0 Å². The SMILES string of the molecule is CCC(C)C(NC(=O)OC1CC(C)(C)N([O])C(C)(C)C1)C(=O)O. The van der Waals surface area contributed by atoms with E-state index in [4.69, 9.17) is 4.74 Å². The van der Waals surface area contributed by atoms with Gasteiger partial charge in [-0.25, -0.2) is 9.59 Å². The van der Waals surface area contributed by atoms with E-state index in [9.17, 15) is 19.9 Å². The van der Waals surface area contributed by atoms with Crippen LogP contribution in [0, 0.1) is 5.92 Å². The van der Waals surface area contributed by atoms with Crippen molar-refractivity contribution in [1.29, 1.82) is 0 Å². The Labute approximate surface area is 137 Å². The van der Waals surface area contributed by atoms with E-state index in [1.54, 1.807) is 6.92 Å². The molecule has 1 aliphatic heterocycles. The molecule has 0 aliphatic carbocycles. The summed E-state index contributed by atoms with van der Waals surface area (Å²) in [5.74, 6) is -1.28. The third-order valence-corrected chi connectivity index (χ3v) is 4.58. The summed E-state index contributed by atoms with van der Waals surface area (Å²) in [5, 5.41) is 25.0. The van der Waals surface area contributed by atoms with Gasteiger partial charge in [0.25, 0.3) is 0 Å². The second-order valence-electron chi connectivity index (χ2n) is 7.70. The number of hydrogen-bond donors (Lipinski definition) is 2. The highest BCUT2D eigenvalue weighted by molar-refractivity contribution is 5.80. The Morgan fingerprint density at radius 1 is 1.26 bits per heavy atom. The number of hydroxylamine groups is 2. The van der Waals surface area contributed by atoms with Crippen LogP contribution in [0.15, 0.2) is 0 Å². The van der Waals surface area contributed by atoms with E-state index < -0.39 is 35.3 Å². The smallest absolute Gasteiger partial charge is 0.408 e. The van der Waals surface area contributed by atoms with E-state index >= 15 is 0 Å². The van der Waals surface area contributed by atoms with E-state index in [-0.39, 0.29) is 5.92 Å². The van der Waals surface area contributed by atoms with Crippen molar-refractivity contribution in [3.8, 4) is 0 Å². The predicted octanol–water partition coefficient (Wildman–Crippen LogP) is 2.58. The number of nitrogens with zero attached hydrogens (tertiary/aromatic N) is 1. The van der Waals surface area contributed by atoms with E-state index in [0.29, 0.717) is 19.3 Å².